The highest BCUT2D eigenvalue weighted by molar-refractivity contribution is 5.56. The summed E-state index contributed by atoms with van der Waals surface area (Å²) in [4.78, 5) is 14.5. The predicted octanol–water partition coefficient (Wildman–Crippen LogP) is 2.37. The first kappa shape index (κ1) is 10.9. The van der Waals surface area contributed by atoms with Gasteiger partial charge < -0.3 is 5.32 Å². The number of nitrogens with zero attached hydrogens (tertiary/aromatic N) is 2. The summed E-state index contributed by atoms with van der Waals surface area (Å²) in [6.45, 7) is 4.76. The number of nitrogens with one attached hydrogen (secondary N) is 1. The molecule has 1 fully saturated rings. The third kappa shape index (κ3) is 2.29. The van der Waals surface area contributed by atoms with E-state index in [1.807, 2.05) is 0 Å². The van der Waals surface area contributed by atoms with Crippen LogP contribution in [0.3, 0.4) is 0 Å². The third-order valence-corrected chi connectivity index (χ3v) is 3.01. The van der Waals surface area contributed by atoms with Crippen molar-refractivity contribution in [3.8, 4) is 0 Å². The Balaban J connectivity index is 2.09. The van der Waals surface area contributed by atoms with E-state index in [0.29, 0.717) is 11.7 Å². The van der Waals surface area contributed by atoms with Gasteiger partial charge in [-0.2, -0.15) is 0 Å². The first-order valence-corrected chi connectivity index (χ1v) is 5.43. The molecule has 1 heterocycles. The molecule has 2 rings (SSSR count). The molecule has 1 aliphatic carbocycles. The van der Waals surface area contributed by atoms with Crippen LogP contribution in [0.5, 0.6) is 0 Å². The zero-order valence-corrected chi connectivity index (χ0v) is 9.43. The summed E-state index contributed by atoms with van der Waals surface area (Å²) in [5.74, 6) is 1.76. The van der Waals surface area contributed by atoms with Gasteiger partial charge in [-0.25, -0.2) is 4.98 Å². The van der Waals surface area contributed by atoms with Gasteiger partial charge in [0.15, 0.2) is 0 Å². The van der Waals surface area contributed by atoms with Crippen LogP contribution in [-0.4, -0.2) is 16.5 Å². The maximum atomic E-state index is 10.8. The number of aromatic nitrogens is 1. The molecule has 0 spiro atoms. The van der Waals surface area contributed by atoms with Crippen LogP contribution in [0.1, 0.15) is 18.9 Å². The topological polar surface area (TPSA) is 68.1 Å². The average Bonchev–Trinajstić information content (AvgIpc) is 2.92. The molecule has 2 atom stereocenters. The zero-order valence-electron chi connectivity index (χ0n) is 9.43. The number of hydrogen-bond donors (Lipinski definition) is 1. The Morgan fingerprint density at radius 3 is 2.94 bits per heavy atom. The van der Waals surface area contributed by atoms with E-state index in [2.05, 4.69) is 17.2 Å². The molecule has 86 valence electrons. The lowest BCUT2D eigenvalue weighted by molar-refractivity contribution is -0.384. The smallest absolute Gasteiger partial charge is 0.311 e. The molecule has 0 bridgehead atoms. The van der Waals surface area contributed by atoms with Gasteiger partial charge in [-0.1, -0.05) is 6.92 Å². The van der Waals surface area contributed by atoms with Crippen LogP contribution in [0.25, 0.3) is 0 Å². The fourth-order valence-corrected chi connectivity index (χ4v) is 1.74. The molecule has 0 saturated heterocycles. The molecule has 1 aliphatic rings. The van der Waals surface area contributed by atoms with E-state index < -0.39 is 4.92 Å². The van der Waals surface area contributed by atoms with Gasteiger partial charge in [-0.05, 0) is 30.7 Å². The fourth-order valence-electron chi connectivity index (χ4n) is 1.74. The first-order valence-electron chi connectivity index (χ1n) is 5.43. The summed E-state index contributed by atoms with van der Waals surface area (Å²) in [6, 6.07) is 1.55. The van der Waals surface area contributed by atoms with E-state index in [9.17, 15) is 10.1 Å². The molecule has 1 aromatic heterocycles. The first-order chi connectivity index (χ1) is 7.58. The summed E-state index contributed by atoms with van der Waals surface area (Å²) >= 11 is 0. The lowest BCUT2D eigenvalue weighted by Gasteiger charge is -2.05. The third-order valence-electron chi connectivity index (χ3n) is 3.01. The molecule has 16 heavy (non-hydrogen) atoms. The lowest BCUT2D eigenvalue weighted by Crippen LogP contribution is -2.08. The van der Waals surface area contributed by atoms with E-state index in [4.69, 9.17) is 0 Å². The van der Waals surface area contributed by atoms with Gasteiger partial charge in [-0.15, -0.1) is 0 Å². The number of aryl methyl sites for hydroxylation is 1. The summed E-state index contributed by atoms with van der Waals surface area (Å²) in [5, 5.41) is 13.9. The van der Waals surface area contributed by atoms with Crippen molar-refractivity contribution in [1.82, 2.24) is 4.98 Å². The Hall–Kier alpha value is -1.65. The molecule has 0 aliphatic heterocycles. The van der Waals surface area contributed by atoms with E-state index in [0.717, 1.165) is 18.0 Å². The molecule has 5 nitrogen and oxygen atoms in total. The molecular weight excluding hydrogens is 206 g/mol. The number of nitro groups is 1. The van der Waals surface area contributed by atoms with Crippen molar-refractivity contribution in [2.75, 3.05) is 11.9 Å². The van der Waals surface area contributed by atoms with Gasteiger partial charge in [0.05, 0.1) is 4.92 Å². The van der Waals surface area contributed by atoms with Crippen LogP contribution in [0.4, 0.5) is 11.5 Å². The van der Waals surface area contributed by atoms with Crippen molar-refractivity contribution in [3.05, 3.63) is 27.9 Å². The molecule has 0 aromatic carbocycles. The number of hydrogen-bond acceptors (Lipinski definition) is 4. The van der Waals surface area contributed by atoms with Crippen LogP contribution in [-0.2, 0) is 0 Å². The van der Waals surface area contributed by atoms with E-state index >= 15 is 0 Å². The number of pyridine rings is 1. The van der Waals surface area contributed by atoms with Crippen molar-refractivity contribution in [2.24, 2.45) is 11.8 Å². The van der Waals surface area contributed by atoms with E-state index in [1.165, 1.54) is 6.42 Å². The Morgan fingerprint density at radius 1 is 1.69 bits per heavy atom. The Bertz CT molecular complexity index is 420. The summed E-state index contributed by atoms with van der Waals surface area (Å²) in [6.07, 6.45) is 2.85. The van der Waals surface area contributed by atoms with E-state index in [-0.39, 0.29) is 5.69 Å². The van der Waals surface area contributed by atoms with Crippen LogP contribution in [0, 0.1) is 28.9 Å². The van der Waals surface area contributed by atoms with E-state index in [1.54, 1.807) is 19.2 Å². The monoisotopic (exact) mass is 221 g/mol. The molecule has 2 unspecified atom stereocenters. The second-order valence-electron chi connectivity index (χ2n) is 4.49. The highest BCUT2D eigenvalue weighted by atomic mass is 16.6. The highest BCUT2D eigenvalue weighted by Gasteiger charge is 2.32. The second kappa shape index (κ2) is 4.08. The SMILES string of the molecule is Cc1cnc(NCC2CC2C)c([N+](=O)[O-])c1. The summed E-state index contributed by atoms with van der Waals surface area (Å²) in [5.41, 5.74) is 0.866. The molecule has 0 radical (unpaired) electrons. The van der Waals surface area contributed by atoms with Gasteiger partial charge in [0.25, 0.3) is 0 Å². The molecule has 0 amide bonds. The van der Waals surface area contributed by atoms with Crippen LogP contribution in [0.2, 0.25) is 0 Å². The van der Waals surface area contributed by atoms with Crippen molar-refractivity contribution in [3.63, 3.8) is 0 Å². The van der Waals surface area contributed by atoms with Crippen molar-refractivity contribution in [1.29, 1.82) is 0 Å². The predicted molar refractivity (Wildman–Crippen MR) is 61.4 cm³/mol. The summed E-state index contributed by atoms with van der Waals surface area (Å²) < 4.78 is 0. The Labute approximate surface area is 94.0 Å². The van der Waals surface area contributed by atoms with Gasteiger partial charge in [0.2, 0.25) is 5.82 Å². The average molecular weight is 221 g/mol. The quantitative estimate of drug-likeness (QED) is 0.626. The zero-order chi connectivity index (χ0) is 11.7. The van der Waals surface area contributed by atoms with Crippen molar-refractivity contribution >= 4 is 11.5 Å². The molecule has 1 aromatic rings. The Morgan fingerprint density at radius 2 is 2.38 bits per heavy atom. The number of anilines is 1. The minimum atomic E-state index is -0.390. The van der Waals surface area contributed by atoms with Crippen molar-refractivity contribution < 1.29 is 4.92 Å². The number of rotatable bonds is 4. The normalized spacial score (nSPS) is 22.9. The lowest BCUT2D eigenvalue weighted by atomic mass is 10.2. The molecule has 1 saturated carbocycles. The maximum absolute atomic E-state index is 10.8. The van der Waals surface area contributed by atoms with Gasteiger partial charge in [0.1, 0.15) is 0 Å². The van der Waals surface area contributed by atoms with Gasteiger partial charge in [0, 0.05) is 18.8 Å². The molecule has 5 heteroatoms. The van der Waals surface area contributed by atoms with Gasteiger partial charge >= 0.3 is 5.69 Å². The summed E-state index contributed by atoms with van der Waals surface area (Å²) in [7, 11) is 0. The molecule has 1 N–H and O–H groups in total. The van der Waals surface area contributed by atoms with Crippen LogP contribution in [0.15, 0.2) is 12.3 Å². The maximum Gasteiger partial charge on any atom is 0.311 e. The molecular formula is C11H15N3O2. The minimum absolute atomic E-state index is 0.0632. The highest BCUT2D eigenvalue weighted by Crippen LogP contribution is 2.37. The van der Waals surface area contributed by atoms with Gasteiger partial charge in [-0.3, -0.25) is 10.1 Å². The standard InChI is InChI=1S/C11H15N3O2/c1-7-3-10(14(15)16)11(12-5-7)13-6-9-4-8(9)2/h3,5,8-9H,4,6H2,1-2H3,(H,12,13). The second-order valence-corrected chi connectivity index (χ2v) is 4.49. The fraction of sp³-hybridized carbons (Fsp3) is 0.545. The van der Waals surface area contributed by atoms with Crippen LogP contribution < -0.4 is 5.32 Å². The largest absolute Gasteiger partial charge is 0.364 e. The minimum Gasteiger partial charge on any atom is -0.364 e. The Kier molecular flexibility index (Phi) is 2.77. The van der Waals surface area contributed by atoms with Crippen LogP contribution >= 0.6 is 0 Å². The van der Waals surface area contributed by atoms with Crippen molar-refractivity contribution in [2.45, 2.75) is 20.3 Å².